The molecule has 1 aromatic rings. The van der Waals surface area contributed by atoms with Gasteiger partial charge >= 0.3 is 5.97 Å². The minimum absolute atomic E-state index is 0.0798. The summed E-state index contributed by atoms with van der Waals surface area (Å²) < 4.78 is 10.1. The Balaban J connectivity index is 2.75. The SMILES string of the molecule is CCOC(C)CNc1cccc(C(=O)OC)c1N. The van der Waals surface area contributed by atoms with Gasteiger partial charge in [-0.3, -0.25) is 0 Å². The van der Waals surface area contributed by atoms with Gasteiger partial charge in [-0.15, -0.1) is 0 Å². The van der Waals surface area contributed by atoms with Gasteiger partial charge in [-0.05, 0) is 26.0 Å². The van der Waals surface area contributed by atoms with Gasteiger partial charge < -0.3 is 20.5 Å². The molecule has 0 saturated heterocycles. The third kappa shape index (κ3) is 3.63. The first-order chi connectivity index (χ1) is 8.60. The number of esters is 1. The van der Waals surface area contributed by atoms with Crippen molar-refractivity contribution in [1.29, 1.82) is 0 Å². The number of carbonyl (C=O) groups is 1. The van der Waals surface area contributed by atoms with Crippen LogP contribution in [0.5, 0.6) is 0 Å². The second-order valence-electron chi connectivity index (χ2n) is 3.91. The van der Waals surface area contributed by atoms with Crippen molar-refractivity contribution < 1.29 is 14.3 Å². The highest BCUT2D eigenvalue weighted by atomic mass is 16.5. The number of rotatable bonds is 6. The monoisotopic (exact) mass is 252 g/mol. The largest absolute Gasteiger partial charge is 0.465 e. The fraction of sp³-hybridized carbons (Fsp3) is 0.462. The molecule has 0 bridgehead atoms. The van der Waals surface area contributed by atoms with E-state index in [-0.39, 0.29) is 6.10 Å². The summed E-state index contributed by atoms with van der Waals surface area (Å²) in [5.74, 6) is -0.436. The van der Waals surface area contributed by atoms with E-state index in [2.05, 4.69) is 10.1 Å². The third-order valence-corrected chi connectivity index (χ3v) is 2.54. The second-order valence-corrected chi connectivity index (χ2v) is 3.91. The highest BCUT2D eigenvalue weighted by Crippen LogP contribution is 2.23. The van der Waals surface area contributed by atoms with E-state index < -0.39 is 5.97 Å². The number of anilines is 2. The van der Waals surface area contributed by atoms with Crippen molar-refractivity contribution in [3.63, 3.8) is 0 Å². The molecular weight excluding hydrogens is 232 g/mol. The molecular formula is C13H20N2O3. The Bertz CT molecular complexity index is 407. The van der Waals surface area contributed by atoms with Crippen LogP contribution in [0.4, 0.5) is 11.4 Å². The lowest BCUT2D eigenvalue weighted by molar-refractivity contribution is 0.0602. The minimum Gasteiger partial charge on any atom is -0.465 e. The number of carbonyl (C=O) groups excluding carboxylic acids is 1. The van der Waals surface area contributed by atoms with Crippen LogP contribution in [0.15, 0.2) is 18.2 Å². The van der Waals surface area contributed by atoms with Gasteiger partial charge in [0.05, 0.1) is 30.2 Å². The topological polar surface area (TPSA) is 73.6 Å². The summed E-state index contributed by atoms with van der Waals surface area (Å²) in [6, 6.07) is 5.22. The fourth-order valence-electron chi connectivity index (χ4n) is 1.60. The number of para-hydroxylation sites is 1. The fourth-order valence-corrected chi connectivity index (χ4v) is 1.60. The standard InChI is InChI=1S/C13H20N2O3/c1-4-18-9(2)8-15-11-7-5-6-10(12(11)14)13(16)17-3/h5-7,9,15H,4,8,14H2,1-3H3. The number of hydrogen-bond donors (Lipinski definition) is 2. The Kier molecular flexibility index (Phi) is 5.45. The van der Waals surface area contributed by atoms with Gasteiger partial charge in [-0.2, -0.15) is 0 Å². The zero-order valence-corrected chi connectivity index (χ0v) is 11.0. The van der Waals surface area contributed by atoms with Gasteiger partial charge in [-0.1, -0.05) is 6.07 Å². The number of nitrogen functional groups attached to an aromatic ring is 1. The van der Waals surface area contributed by atoms with Crippen LogP contribution in [-0.2, 0) is 9.47 Å². The van der Waals surface area contributed by atoms with E-state index >= 15 is 0 Å². The molecule has 0 aliphatic carbocycles. The molecule has 100 valence electrons. The molecule has 0 saturated carbocycles. The molecule has 1 aromatic carbocycles. The van der Waals surface area contributed by atoms with Crippen LogP contribution in [0.25, 0.3) is 0 Å². The van der Waals surface area contributed by atoms with E-state index in [1.165, 1.54) is 7.11 Å². The number of nitrogens with two attached hydrogens (primary N) is 1. The summed E-state index contributed by atoms with van der Waals surface area (Å²) >= 11 is 0. The Hall–Kier alpha value is -1.75. The first kappa shape index (κ1) is 14.3. The number of hydrogen-bond acceptors (Lipinski definition) is 5. The summed E-state index contributed by atoms with van der Waals surface area (Å²) in [4.78, 5) is 11.5. The molecule has 5 nitrogen and oxygen atoms in total. The van der Waals surface area contributed by atoms with E-state index in [1.807, 2.05) is 19.9 Å². The van der Waals surface area contributed by atoms with Gasteiger partial charge in [0.2, 0.25) is 0 Å². The first-order valence-electron chi connectivity index (χ1n) is 5.92. The molecule has 1 unspecified atom stereocenters. The molecule has 18 heavy (non-hydrogen) atoms. The van der Waals surface area contributed by atoms with E-state index in [4.69, 9.17) is 10.5 Å². The molecule has 0 aliphatic heterocycles. The summed E-state index contributed by atoms with van der Waals surface area (Å²) in [5.41, 5.74) is 7.39. The van der Waals surface area contributed by atoms with Crippen molar-refractivity contribution in [3.05, 3.63) is 23.8 Å². The highest BCUT2D eigenvalue weighted by molar-refractivity contribution is 5.98. The van der Waals surface area contributed by atoms with E-state index in [0.29, 0.717) is 30.1 Å². The van der Waals surface area contributed by atoms with Crippen molar-refractivity contribution in [2.75, 3.05) is 31.3 Å². The van der Waals surface area contributed by atoms with Gasteiger partial charge in [-0.25, -0.2) is 4.79 Å². The van der Waals surface area contributed by atoms with Crippen LogP contribution in [-0.4, -0.2) is 32.3 Å². The molecule has 5 heteroatoms. The summed E-state index contributed by atoms with van der Waals surface area (Å²) in [6.07, 6.45) is 0.0798. The maximum Gasteiger partial charge on any atom is 0.340 e. The quantitative estimate of drug-likeness (QED) is 0.597. The lowest BCUT2D eigenvalue weighted by Crippen LogP contribution is -2.20. The Morgan fingerprint density at radius 3 is 2.83 bits per heavy atom. The molecule has 0 radical (unpaired) electrons. The van der Waals surface area contributed by atoms with Crippen LogP contribution in [0.1, 0.15) is 24.2 Å². The molecule has 1 rings (SSSR count). The summed E-state index contributed by atoms with van der Waals surface area (Å²) in [6.45, 7) is 5.21. The molecule has 0 amide bonds. The molecule has 0 heterocycles. The van der Waals surface area contributed by atoms with Crippen molar-refractivity contribution >= 4 is 17.3 Å². The van der Waals surface area contributed by atoms with Crippen LogP contribution < -0.4 is 11.1 Å². The van der Waals surface area contributed by atoms with Crippen LogP contribution in [0.2, 0.25) is 0 Å². The van der Waals surface area contributed by atoms with Gasteiger partial charge in [0.1, 0.15) is 0 Å². The Morgan fingerprint density at radius 1 is 1.50 bits per heavy atom. The van der Waals surface area contributed by atoms with Crippen molar-refractivity contribution in [2.45, 2.75) is 20.0 Å². The molecule has 0 aliphatic rings. The van der Waals surface area contributed by atoms with Crippen molar-refractivity contribution in [2.24, 2.45) is 0 Å². The number of methoxy groups -OCH3 is 1. The van der Waals surface area contributed by atoms with Crippen molar-refractivity contribution in [1.82, 2.24) is 0 Å². The second kappa shape index (κ2) is 6.86. The molecule has 1 atom stereocenters. The van der Waals surface area contributed by atoms with Gasteiger partial charge in [0, 0.05) is 13.2 Å². The van der Waals surface area contributed by atoms with E-state index in [1.54, 1.807) is 12.1 Å². The maximum atomic E-state index is 11.5. The van der Waals surface area contributed by atoms with Crippen LogP contribution in [0.3, 0.4) is 0 Å². The first-order valence-corrected chi connectivity index (χ1v) is 5.92. The zero-order valence-electron chi connectivity index (χ0n) is 11.0. The minimum atomic E-state index is -0.436. The molecule has 3 N–H and O–H groups in total. The zero-order chi connectivity index (χ0) is 13.5. The van der Waals surface area contributed by atoms with Gasteiger partial charge in [0.25, 0.3) is 0 Å². The van der Waals surface area contributed by atoms with E-state index in [9.17, 15) is 4.79 Å². The Labute approximate surface area is 107 Å². The average Bonchev–Trinajstić information content (AvgIpc) is 2.37. The highest BCUT2D eigenvalue weighted by Gasteiger charge is 2.12. The predicted molar refractivity (Wildman–Crippen MR) is 71.8 cm³/mol. The average molecular weight is 252 g/mol. The van der Waals surface area contributed by atoms with Crippen LogP contribution in [0, 0.1) is 0 Å². The lowest BCUT2D eigenvalue weighted by Gasteiger charge is -2.16. The maximum absolute atomic E-state index is 11.5. The number of ether oxygens (including phenoxy) is 2. The summed E-state index contributed by atoms with van der Waals surface area (Å²) in [5, 5.41) is 3.16. The molecule has 0 fully saturated rings. The van der Waals surface area contributed by atoms with Crippen LogP contribution >= 0.6 is 0 Å². The Morgan fingerprint density at radius 2 is 2.22 bits per heavy atom. The van der Waals surface area contributed by atoms with E-state index in [0.717, 1.165) is 0 Å². The predicted octanol–water partition coefficient (Wildman–Crippen LogP) is 1.89. The van der Waals surface area contributed by atoms with Gasteiger partial charge in [0.15, 0.2) is 0 Å². The lowest BCUT2D eigenvalue weighted by atomic mass is 10.1. The molecule has 0 spiro atoms. The number of benzene rings is 1. The van der Waals surface area contributed by atoms with Crippen molar-refractivity contribution in [3.8, 4) is 0 Å². The third-order valence-electron chi connectivity index (χ3n) is 2.54. The number of nitrogens with one attached hydrogen (secondary N) is 1. The normalized spacial score (nSPS) is 11.9. The summed E-state index contributed by atoms with van der Waals surface area (Å²) in [7, 11) is 1.33. The smallest absolute Gasteiger partial charge is 0.340 e. The molecule has 0 aromatic heterocycles.